The van der Waals surface area contributed by atoms with Crippen LogP contribution in [-0.2, 0) is 26.2 Å². The minimum Gasteiger partial charge on any atom is -0.492 e. The molecule has 1 N–H and O–H groups in total. The van der Waals surface area contributed by atoms with Crippen molar-refractivity contribution in [3.8, 4) is 5.75 Å². The van der Waals surface area contributed by atoms with Gasteiger partial charge in [-0.2, -0.15) is 0 Å². The zero-order valence-electron chi connectivity index (χ0n) is 25.2. The summed E-state index contributed by atoms with van der Waals surface area (Å²) in [6.07, 6.45) is 2.94. The molecule has 0 aromatic heterocycles. The lowest BCUT2D eigenvalue weighted by atomic mass is 10.1. The van der Waals surface area contributed by atoms with E-state index in [1.165, 1.54) is 28.8 Å². The van der Waals surface area contributed by atoms with E-state index < -0.39 is 28.5 Å². The van der Waals surface area contributed by atoms with Gasteiger partial charge in [-0.15, -0.1) is 11.8 Å². The molecule has 0 fully saturated rings. The Morgan fingerprint density at radius 3 is 2.21 bits per heavy atom. The van der Waals surface area contributed by atoms with Crippen LogP contribution < -0.4 is 14.4 Å². The van der Waals surface area contributed by atoms with Crippen molar-refractivity contribution in [2.45, 2.75) is 69.0 Å². The number of carbonyl (C=O) groups is 2. The molecule has 0 unspecified atom stereocenters. The van der Waals surface area contributed by atoms with Gasteiger partial charge >= 0.3 is 0 Å². The number of hydrogen-bond acceptors (Lipinski definition) is 6. The number of rotatable bonds is 15. The number of nitrogens with one attached hydrogen (secondary N) is 1. The fourth-order valence-corrected chi connectivity index (χ4v) is 6.53. The van der Waals surface area contributed by atoms with Crippen molar-refractivity contribution >= 4 is 50.9 Å². The number of sulfonamides is 1. The van der Waals surface area contributed by atoms with Gasteiger partial charge in [0.25, 0.3) is 10.0 Å². The molecule has 3 aromatic carbocycles. The van der Waals surface area contributed by atoms with E-state index in [0.29, 0.717) is 29.4 Å². The van der Waals surface area contributed by atoms with Gasteiger partial charge in [0.1, 0.15) is 18.3 Å². The van der Waals surface area contributed by atoms with E-state index in [1.807, 2.05) is 27.0 Å². The topological polar surface area (TPSA) is 96.0 Å². The molecule has 0 aliphatic rings. The predicted octanol–water partition coefficient (Wildman–Crippen LogP) is 6.38. The van der Waals surface area contributed by atoms with Crippen LogP contribution in [0.5, 0.6) is 5.75 Å². The number of anilines is 1. The van der Waals surface area contributed by atoms with Crippen molar-refractivity contribution in [2.24, 2.45) is 0 Å². The van der Waals surface area contributed by atoms with E-state index in [9.17, 15) is 18.0 Å². The Morgan fingerprint density at radius 1 is 0.953 bits per heavy atom. The predicted molar refractivity (Wildman–Crippen MR) is 174 cm³/mol. The van der Waals surface area contributed by atoms with Crippen molar-refractivity contribution < 1.29 is 22.7 Å². The van der Waals surface area contributed by atoms with Crippen LogP contribution in [0.2, 0.25) is 5.02 Å². The lowest BCUT2D eigenvalue weighted by Gasteiger charge is -2.34. The molecule has 11 heteroatoms. The standard InChI is InChI=1S/C32H40ClN3O5S2/c1-6-23(4)34-32(38)28(7-2)35(21-24-13-9-10-14-27(24)33)31(37)22-36(29-15-11-12-16-30(29)41-8-3)43(39,40)26-19-17-25(42-5)18-20-26/h9-20,23,28H,6-8,21-22H2,1-5H3,(H,34,38)/t23-,28-/m0/s1. The molecule has 8 nitrogen and oxygen atoms in total. The van der Waals surface area contributed by atoms with Crippen LogP contribution in [0.15, 0.2) is 82.6 Å². The summed E-state index contributed by atoms with van der Waals surface area (Å²) >= 11 is 7.97. The Hall–Kier alpha value is -3.21. The van der Waals surface area contributed by atoms with Crippen LogP contribution in [0.4, 0.5) is 5.69 Å². The Labute approximate surface area is 264 Å². The molecule has 0 saturated heterocycles. The first-order valence-corrected chi connectivity index (χ1v) is 17.3. The summed E-state index contributed by atoms with van der Waals surface area (Å²) in [6, 6.07) is 19.3. The number of thioether (sulfide) groups is 1. The van der Waals surface area contributed by atoms with Crippen molar-refractivity contribution in [1.29, 1.82) is 0 Å². The highest BCUT2D eigenvalue weighted by Gasteiger charge is 2.35. The van der Waals surface area contributed by atoms with Crippen LogP contribution in [0.3, 0.4) is 0 Å². The van der Waals surface area contributed by atoms with Crippen LogP contribution >= 0.6 is 23.4 Å². The fraction of sp³-hybridized carbons (Fsp3) is 0.375. The SMILES string of the molecule is CCOc1ccccc1N(CC(=O)N(Cc1ccccc1Cl)[C@@H](CC)C(=O)N[C@@H](C)CC)S(=O)(=O)c1ccc(SC)cc1. The molecular formula is C32H40ClN3O5S2. The maximum atomic E-state index is 14.3. The van der Waals surface area contributed by atoms with Gasteiger partial charge in [0.2, 0.25) is 11.8 Å². The molecular weight excluding hydrogens is 606 g/mol. The van der Waals surface area contributed by atoms with E-state index in [4.69, 9.17) is 16.3 Å². The average Bonchev–Trinajstić information content (AvgIpc) is 3.01. The highest BCUT2D eigenvalue weighted by Crippen LogP contribution is 2.33. The zero-order valence-corrected chi connectivity index (χ0v) is 27.6. The van der Waals surface area contributed by atoms with Crippen molar-refractivity contribution in [2.75, 3.05) is 23.7 Å². The van der Waals surface area contributed by atoms with Gasteiger partial charge in [-0.25, -0.2) is 8.42 Å². The molecule has 0 spiro atoms. The molecule has 0 radical (unpaired) electrons. The number of amides is 2. The number of benzene rings is 3. The third-order valence-corrected chi connectivity index (χ3v) is 9.93. The smallest absolute Gasteiger partial charge is 0.264 e. The monoisotopic (exact) mass is 645 g/mol. The molecule has 0 saturated carbocycles. The summed E-state index contributed by atoms with van der Waals surface area (Å²) in [5.74, 6) is -0.544. The molecule has 3 rings (SSSR count). The lowest BCUT2D eigenvalue weighted by Crippen LogP contribution is -2.53. The summed E-state index contributed by atoms with van der Waals surface area (Å²) < 4.78 is 35.3. The summed E-state index contributed by atoms with van der Waals surface area (Å²) in [7, 11) is -4.24. The molecule has 0 bridgehead atoms. The summed E-state index contributed by atoms with van der Waals surface area (Å²) in [4.78, 5) is 30.1. The number of nitrogens with zero attached hydrogens (tertiary/aromatic N) is 2. The second-order valence-electron chi connectivity index (χ2n) is 9.94. The Bertz CT molecular complexity index is 1480. The summed E-state index contributed by atoms with van der Waals surface area (Å²) in [6.45, 7) is 7.24. The minimum absolute atomic E-state index is 0.0222. The second kappa shape index (κ2) is 16.0. The van der Waals surface area contributed by atoms with Gasteiger partial charge in [-0.05, 0) is 81.0 Å². The first kappa shape index (κ1) is 34.3. The second-order valence-corrected chi connectivity index (χ2v) is 13.1. The normalized spacial score (nSPS) is 12.7. The quantitative estimate of drug-likeness (QED) is 0.193. The highest BCUT2D eigenvalue weighted by atomic mass is 35.5. The van der Waals surface area contributed by atoms with E-state index in [0.717, 1.165) is 15.6 Å². The van der Waals surface area contributed by atoms with Crippen LogP contribution in [-0.4, -0.2) is 56.6 Å². The van der Waals surface area contributed by atoms with Crippen LogP contribution in [0, 0.1) is 0 Å². The third kappa shape index (κ3) is 8.68. The van der Waals surface area contributed by atoms with E-state index in [-0.39, 0.29) is 29.1 Å². The zero-order chi connectivity index (χ0) is 31.6. The van der Waals surface area contributed by atoms with Gasteiger partial charge in [-0.3, -0.25) is 13.9 Å². The Morgan fingerprint density at radius 2 is 1.60 bits per heavy atom. The molecule has 43 heavy (non-hydrogen) atoms. The number of hydrogen-bond donors (Lipinski definition) is 1. The number of ether oxygens (including phenoxy) is 1. The maximum absolute atomic E-state index is 14.3. The maximum Gasteiger partial charge on any atom is 0.264 e. The van der Waals surface area contributed by atoms with Crippen molar-refractivity contribution in [3.63, 3.8) is 0 Å². The first-order valence-electron chi connectivity index (χ1n) is 14.3. The van der Waals surface area contributed by atoms with E-state index in [1.54, 1.807) is 67.6 Å². The van der Waals surface area contributed by atoms with Crippen molar-refractivity contribution in [3.05, 3.63) is 83.4 Å². The summed E-state index contributed by atoms with van der Waals surface area (Å²) in [5.41, 5.74) is 0.866. The van der Waals surface area contributed by atoms with Gasteiger partial charge < -0.3 is 15.0 Å². The lowest BCUT2D eigenvalue weighted by molar-refractivity contribution is -0.140. The summed E-state index contributed by atoms with van der Waals surface area (Å²) in [5, 5.41) is 3.42. The van der Waals surface area contributed by atoms with E-state index >= 15 is 0 Å². The Kier molecular flexibility index (Phi) is 12.8. The minimum atomic E-state index is -4.24. The molecule has 0 heterocycles. The van der Waals surface area contributed by atoms with Gasteiger partial charge in [-0.1, -0.05) is 55.8 Å². The average molecular weight is 646 g/mol. The molecule has 2 amide bonds. The first-order chi connectivity index (χ1) is 20.6. The van der Waals surface area contributed by atoms with Gasteiger partial charge in [0.15, 0.2) is 0 Å². The van der Waals surface area contributed by atoms with E-state index in [2.05, 4.69) is 5.32 Å². The van der Waals surface area contributed by atoms with Crippen LogP contribution in [0.1, 0.15) is 46.1 Å². The largest absolute Gasteiger partial charge is 0.492 e. The molecule has 232 valence electrons. The fourth-order valence-electron chi connectivity index (χ4n) is 4.50. The van der Waals surface area contributed by atoms with Gasteiger partial charge in [0.05, 0.1) is 17.2 Å². The molecule has 0 aliphatic carbocycles. The molecule has 2 atom stereocenters. The number of para-hydroxylation sites is 2. The van der Waals surface area contributed by atoms with Crippen molar-refractivity contribution in [1.82, 2.24) is 10.2 Å². The van der Waals surface area contributed by atoms with Crippen LogP contribution in [0.25, 0.3) is 0 Å². The molecule has 0 aliphatic heterocycles. The highest BCUT2D eigenvalue weighted by molar-refractivity contribution is 7.98. The molecule has 3 aromatic rings. The third-order valence-electron chi connectivity index (χ3n) is 7.05. The van der Waals surface area contributed by atoms with Gasteiger partial charge in [0, 0.05) is 22.5 Å². The Balaban J connectivity index is 2.12. The number of carbonyl (C=O) groups excluding carboxylic acids is 2. The number of halogens is 1.